The first-order valence-electron chi connectivity index (χ1n) is 4.49. The van der Waals surface area contributed by atoms with Crippen molar-refractivity contribution in [3.8, 4) is 0 Å². The van der Waals surface area contributed by atoms with E-state index in [9.17, 15) is 0 Å². The molecule has 2 heteroatoms. The Labute approximate surface area is 87.3 Å². The summed E-state index contributed by atoms with van der Waals surface area (Å²) in [5, 5.41) is 2.67. The fourth-order valence-corrected chi connectivity index (χ4v) is 2.30. The van der Waals surface area contributed by atoms with E-state index in [1.165, 1.54) is 20.7 Å². The van der Waals surface area contributed by atoms with Gasteiger partial charge in [-0.1, -0.05) is 58.5 Å². The minimum atomic E-state index is 1.08. The molecule has 0 fully saturated rings. The van der Waals surface area contributed by atoms with Crippen molar-refractivity contribution >= 4 is 39.4 Å². The van der Waals surface area contributed by atoms with Crippen LogP contribution in [0.5, 0.6) is 0 Å². The molecular formula is C11H10BBr. The van der Waals surface area contributed by atoms with E-state index >= 15 is 0 Å². The van der Waals surface area contributed by atoms with Crippen molar-refractivity contribution in [2.75, 3.05) is 0 Å². The molecule has 2 aromatic carbocycles. The van der Waals surface area contributed by atoms with Crippen LogP contribution < -0.4 is 5.46 Å². The maximum atomic E-state index is 3.59. The van der Waals surface area contributed by atoms with Crippen LogP contribution in [0.2, 0.25) is 6.82 Å². The Balaban J connectivity index is 2.87. The maximum absolute atomic E-state index is 3.59. The Hall–Kier alpha value is -0.755. The molecule has 0 saturated heterocycles. The van der Waals surface area contributed by atoms with Gasteiger partial charge in [0, 0.05) is 4.47 Å². The van der Waals surface area contributed by atoms with E-state index in [0.29, 0.717) is 0 Å². The molecule has 0 bridgehead atoms. The second-order valence-electron chi connectivity index (χ2n) is 3.11. The highest BCUT2D eigenvalue weighted by atomic mass is 79.9. The van der Waals surface area contributed by atoms with Gasteiger partial charge in [-0.25, -0.2) is 0 Å². The summed E-state index contributed by atoms with van der Waals surface area (Å²) in [6, 6.07) is 12.8. The Kier molecular flexibility index (Phi) is 2.41. The Morgan fingerprint density at radius 1 is 1.08 bits per heavy atom. The molecule has 0 spiro atoms. The van der Waals surface area contributed by atoms with E-state index in [1.807, 2.05) is 0 Å². The molecule has 0 aliphatic heterocycles. The maximum Gasteiger partial charge on any atom is 0.155 e. The summed E-state index contributed by atoms with van der Waals surface area (Å²) in [7, 11) is 1.08. The van der Waals surface area contributed by atoms with Crippen LogP contribution in [0.4, 0.5) is 0 Å². The van der Waals surface area contributed by atoms with Crippen molar-refractivity contribution in [1.29, 1.82) is 0 Å². The molecule has 0 unspecified atom stereocenters. The van der Waals surface area contributed by atoms with Crippen molar-refractivity contribution in [2.45, 2.75) is 6.82 Å². The average Bonchev–Trinajstić information content (AvgIpc) is 2.17. The first-order valence-corrected chi connectivity index (χ1v) is 5.28. The minimum Gasteiger partial charge on any atom is -0.0849 e. The van der Waals surface area contributed by atoms with Crippen molar-refractivity contribution in [3.05, 3.63) is 40.9 Å². The van der Waals surface area contributed by atoms with E-state index < -0.39 is 0 Å². The lowest BCUT2D eigenvalue weighted by atomic mass is 9.71. The molecule has 0 heterocycles. The number of hydrogen-bond donors (Lipinski definition) is 0. The molecule has 0 saturated carbocycles. The topological polar surface area (TPSA) is 0 Å². The standard InChI is InChI=1S/C11H10BBr/c1-12-9-6-2-4-8-5-3-7-10(13)11(8)9/h2-7,12H,1H3. The van der Waals surface area contributed by atoms with Crippen LogP contribution in [-0.2, 0) is 0 Å². The second kappa shape index (κ2) is 3.55. The zero-order valence-electron chi connectivity index (χ0n) is 7.55. The Bertz CT molecular complexity index is 432. The normalized spacial score (nSPS) is 10.3. The smallest absolute Gasteiger partial charge is 0.0849 e. The molecule has 0 N–H and O–H groups in total. The summed E-state index contributed by atoms with van der Waals surface area (Å²) in [5.41, 5.74) is 1.41. The van der Waals surface area contributed by atoms with Crippen LogP contribution in [0, 0.1) is 0 Å². The summed E-state index contributed by atoms with van der Waals surface area (Å²) in [6.45, 7) is 2.19. The minimum absolute atomic E-state index is 1.08. The highest BCUT2D eigenvalue weighted by Crippen LogP contribution is 2.21. The van der Waals surface area contributed by atoms with Gasteiger partial charge in [0.05, 0.1) is 0 Å². The van der Waals surface area contributed by atoms with E-state index in [1.54, 1.807) is 0 Å². The van der Waals surface area contributed by atoms with Gasteiger partial charge in [-0.15, -0.1) is 0 Å². The summed E-state index contributed by atoms with van der Waals surface area (Å²) in [4.78, 5) is 0. The van der Waals surface area contributed by atoms with E-state index in [4.69, 9.17) is 0 Å². The lowest BCUT2D eigenvalue weighted by Crippen LogP contribution is -2.11. The zero-order valence-corrected chi connectivity index (χ0v) is 9.14. The second-order valence-corrected chi connectivity index (χ2v) is 3.96. The lowest BCUT2D eigenvalue weighted by Gasteiger charge is -2.05. The molecule has 0 nitrogen and oxygen atoms in total. The average molecular weight is 233 g/mol. The van der Waals surface area contributed by atoms with Gasteiger partial charge in [-0.3, -0.25) is 0 Å². The van der Waals surface area contributed by atoms with Gasteiger partial charge in [0.2, 0.25) is 0 Å². The molecule has 0 radical (unpaired) electrons. The third-order valence-electron chi connectivity index (χ3n) is 2.32. The SMILES string of the molecule is CBc1cccc2cccc(Br)c12. The molecule has 13 heavy (non-hydrogen) atoms. The van der Waals surface area contributed by atoms with Gasteiger partial charge >= 0.3 is 0 Å². The molecule has 0 aliphatic carbocycles. The summed E-state index contributed by atoms with van der Waals surface area (Å²) in [6.07, 6.45) is 0. The van der Waals surface area contributed by atoms with Crippen LogP contribution in [0.25, 0.3) is 10.8 Å². The quantitative estimate of drug-likeness (QED) is 0.664. The van der Waals surface area contributed by atoms with Gasteiger partial charge in [-0.05, 0) is 16.8 Å². The van der Waals surface area contributed by atoms with Gasteiger partial charge in [0.1, 0.15) is 0 Å². The lowest BCUT2D eigenvalue weighted by molar-refractivity contribution is 1.73. The fourth-order valence-electron chi connectivity index (χ4n) is 1.66. The molecule has 64 valence electrons. The largest absolute Gasteiger partial charge is 0.155 e. The van der Waals surface area contributed by atoms with Crippen molar-refractivity contribution in [2.24, 2.45) is 0 Å². The Morgan fingerprint density at radius 2 is 1.77 bits per heavy atom. The van der Waals surface area contributed by atoms with Crippen molar-refractivity contribution in [1.82, 2.24) is 0 Å². The van der Waals surface area contributed by atoms with Gasteiger partial charge < -0.3 is 0 Å². The van der Waals surface area contributed by atoms with Crippen LogP contribution in [-0.4, -0.2) is 7.28 Å². The first kappa shape index (κ1) is 8.83. The summed E-state index contributed by atoms with van der Waals surface area (Å²) < 4.78 is 1.20. The van der Waals surface area contributed by atoms with Gasteiger partial charge in [0.25, 0.3) is 0 Å². The predicted octanol–water partition coefficient (Wildman–Crippen LogP) is 2.71. The molecular weight excluding hydrogens is 223 g/mol. The zero-order chi connectivity index (χ0) is 9.26. The van der Waals surface area contributed by atoms with Crippen LogP contribution in [0.3, 0.4) is 0 Å². The summed E-state index contributed by atoms with van der Waals surface area (Å²) >= 11 is 3.59. The van der Waals surface area contributed by atoms with Crippen LogP contribution >= 0.6 is 15.9 Å². The first-order chi connectivity index (χ1) is 6.33. The van der Waals surface area contributed by atoms with E-state index in [-0.39, 0.29) is 0 Å². The fraction of sp³-hybridized carbons (Fsp3) is 0.0909. The number of hydrogen-bond acceptors (Lipinski definition) is 0. The predicted molar refractivity (Wildman–Crippen MR) is 64.3 cm³/mol. The monoisotopic (exact) mass is 232 g/mol. The van der Waals surface area contributed by atoms with Crippen molar-refractivity contribution < 1.29 is 0 Å². The number of benzene rings is 2. The van der Waals surface area contributed by atoms with Crippen LogP contribution in [0.1, 0.15) is 0 Å². The molecule has 0 amide bonds. The third kappa shape index (κ3) is 1.51. The highest BCUT2D eigenvalue weighted by Gasteiger charge is 2.01. The summed E-state index contributed by atoms with van der Waals surface area (Å²) in [5.74, 6) is 0. The highest BCUT2D eigenvalue weighted by molar-refractivity contribution is 9.10. The Morgan fingerprint density at radius 3 is 2.46 bits per heavy atom. The van der Waals surface area contributed by atoms with E-state index in [0.717, 1.165) is 7.28 Å². The molecule has 2 aromatic rings. The van der Waals surface area contributed by atoms with Gasteiger partial charge in [0.15, 0.2) is 7.28 Å². The number of rotatable bonds is 1. The third-order valence-corrected chi connectivity index (χ3v) is 2.98. The van der Waals surface area contributed by atoms with Crippen molar-refractivity contribution in [3.63, 3.8) is 0 Å². The van der Waals surface area contributed by atoms with Crippen LogP contribution in [0.15, 0.2) is 40.9 Å². The number of fused-ring (bicyclic) bond motifs is 1. The molecule has 0 aromatic heterocycles. The molecule has 2 rings (SSSR count). The number of halogens is 1. The molecule has 0 atom stereocenters. The molecule has 0 aliphatic rings. The van der Waals surface area contributed by atoms with E-state index in [2.05, 4.69) is 59.2 Å². The van der Waals surface area contributed by atoms with Gasteiger partial charge in [-0.2, -0.15) is 0 Å².